The normalized spacial score (nSPS) is 21.1. The van der Waals surface area contributed by atoms with E-state index in [0.29, 0.717) is 24.6 Å². The van der Waals surface area contributed by atoms with Crippen molar-refractivity contribution >= 4 is 11.8 Å². The van der Waals surface area contributed by atoms with Crippen LogP contribution in [0.5, 0.6) is 0 Å². The van der Waals surface area contributed by atoms with Gasteiger partial charge >= 0.3 is 0 Å². The second kappa shape index (κ2) is 6.95. The van der Waals surface area contributed by atoms with E-state index in [-0.39, 0.29) is 23.9 Å². The fourth-order valence-corrected chi connectivity index (χ4v) is 3.23. The summed E-state index contributed by atoms with van der Waals surface area (Å²) in [7, 11) is 0. The average molecular weight is 330 g/mol. The molecule has 1 aliphatic heterocycles. The summed E-state index contributed by atoms with van der Waals surface area (Å²) in [6.45, 7) is 5.05. The molecule has 2 aromatic rings. The van der Waals surface area contributed by atoms with E-state index in [0.717, 1.165) is 12.8 Å². The summed E-state index contributed by atoms with van der Waals surface area (Å²) in [5.74, 6) is 0.453. The lowest BCUT2D eigenvalue weighted by Crippen LogP contribution is -2.60. The van der Waals surface area contributed by atoms with E-state index in [1.165, 1.54) is 12.5 Å². The summed E-state index contributed by atoms with van der Waals surface area (Å²) in [4.78, 5) is 29.1. The summed E-state index contributed by atoms with van der Waals surface area (Å²) in [5, 5.41) is 0. The predicted octanol–water partition coefficient (Wildman–Crippen LogP) is 3.03. The minimum Gasteiger partial charge on any atom is -0.459 e. The van der Waals surface area contributed by atoms with Crippen molar-refractivity contribution in [1.82, 2.24) is 9.80 Å². The van der Waals surface area contributed by atoms with Gasteiger partial charge in [0.05, 0.1) is 12.5 Å². The molecule has 1 fully saturated rings. The lowest BCUT2D eigenvalue weighted by molar-refractivity contribution is 0.0160. The van der Waals surface area contributed by atoms with Gasteiger partial charge in [-0.25, -0.2) is 0 Å². The summed E-state index contributed by atoms with van der Waals surface area (Å²) in [5.41, 5.74) is 0. The first-order chi connectivity index (χ1) is 11.7. The topological polar surface area (TPSA) is 66.9 Å². The Morgan fingerprint density at radius 3 is 1.62 bits per heavy atom. The maximum absolute atomic E-state index is 12.7. The van der Waals surface area contributed by atoms with Crippen molar-refractivity contribution in [3.63, 3.8) is 0 Å². The molecule has 1 saturated heterocycles. The molecule has 24 heavy (non-hydrogen) atoms. The zero-order valence-electron chi connectivity index (χ0n) is 14.0. The van der Waals surface area contributed by atoms with E-state index in [4.69, 9.17) is 8.83 Å². The van der Waals surface area contributed by atoms with Crippen LogP contribution in [0, 0.1) is 0 Å². The Hall–Kier alpha value is -2.50. The van der Waals surface area contributed by atoms with E-state index < -0.39 is 0 Å². The number of nitrogens with zero attached hydrogens (tertiary/aromatic N) is 2. The average Bonchev–Trinajstić information content (AvgIpc) is 3.32. The summed E-state index contributed by atoms with van der Waals surface area (Å²) < 4.78 is 10.5. The second-order valence-corrected chi connectivity index (χ2v) is 5.99. The Morgan fingerprint density at radius 1 is 0.917 bits per heavy atom. The lowest BCUT2D eigenvalue weighted by Gasteiger charge is -2.45. The third kappa shape index (κ3) is 2.96. The zero-order valence-corrected chi connectivity index (χ0v) is 14.0. The molecule has 0 aromatic carbocycles. The second-order valence-electron chi connectivity index (χ2n) is 5.99. The lowest BCUT2D eigenvalue weighted by atomic mass is 10.0. The fraction of sp³-hybridized carbons (Fsp3) is 0.444. The van der Waals surface area contributed by atoms with E-state index in [2.05, 4.69) is 0 Å². The van der Waals surface area contributed by atoms with Crippen LogP contribution in [0.3, 0.4) is 0 Å². The third-order valence-corrected chi connectivity index (χ3v) is 4.62. The predicted molar refractivity (Wildman–Crippen MR) is 87.6 cm³/mol. The molecule has 0 radical (unpaired) electrons. The summed E-state index contributed by atoms with van der Waals surface area (Å²) in [6, 6.07) is 6.70. The Balaban J connectivity index is 1.82. The van der Waals surface area contributed by atoms with Crippen LogP contribution in [0.1, 0.15) is 47.8 Å². The molecule has 0 aliphatic carbocycles. The standard InChI is InChI=1S/C18H22N2O4/c1-3-13-11-20(18(22)16-8-6-10-24-16)14(4-2)12-19(13)17(21)15-7-5-9-23-15/h5-10,13-14H,3-4,11-12H2,1-2H3/t13-,14-/m1/s1. The van der Waals surface area contributed by atoms with E-state index in [1.54, 1.807) is 24.3 Å². The van der Waals surface area contributed by atoms with Crippen LogP contribution in [0.25, 0.3) is 0 Å². The van der Waals surface area contributed by atoms with Gasteiger partial charge in [-0.1, -0.05) is 13.8 Å². The molecule has 0 saturated carbocycles. The van der Waals surface area contributed by atoms with Crippen LogP contribution in [0.2, 0.25) is 0 Å². The number of hydrogen-bond donors (Lipinski definition) is 0. The maximum atomic E-state index is 12.7. The smallest absolute Gasteiger partial charge is 0.289 e. The van der Waals surface area contributed by atoms with Crippen LogP contribution in [-0.2, 0) is 0 Å². The van der Waals surface area contributed by atoms with E-state index >= 15 is 0 Å². The van der Waals surface area contributed by atoms with Gasteiger partial charge < -0.3 is 18.6 Å². The van der Waals surface area contributed by atoms with Crippen LogP contribution < -0.4 is 0 Å². The van der Waals surface area contributed by atoms with Crippen molar-refractivity contribution < 1.29 is 18.4 Å². The van der Waals surface area contributed by atoms with Crippen molar-refractivity contribution in [2.45, 2.75) is 38.8 Å². The highest BCUT2D eigenvalue weighted by Crippen LogP contribution is 2.24. The monoisotopic (exact) mass is 330 g/mol. The molecule has 2 amide bonds. The van der Waals surface area contributed by atoms with Crippen molar-refractivity contribution in [3.8, 4) is 0 Å². The van der Waals surface area contributed by atoms with Crippen LogP contribution in [-0.4, -0.2) is 46.8 Å². The van der Waals surface area contributed by atoms with Crippen molar-refractivity contribution in [3.05, 3.63) is 48.3 Å². The number of rotatable bonds is 4. The van der Waals surface area contributed by atoms with Gasteiger partial charge in [-0.05, 0) is 37.1 Å². The molecule has 3 rings (SSSR count). The van der Waals surface area contributed by atoms with Crippen LogP contribution in [0.15, 0.2) is 45.6 Å². The van der Waals surface area contributed by atoms with Gasteiger partial charge in [0.15, 0.2) is 11.5 Å². The minimum absolute atomic E-state index is 0.0377. The number of amides is 2. The number of carbonyl (C=O) groups is 2. The largest absolute Gasteiger partial charge is 0.459 e. The van der Waals surface area contributed by atoms with Gasteiger partial charge in [-0.2, -0.15) is 0 Å². The Bertz CT molecular complexity index is 618. The molecule has 2 aromatic heterocycles. The van der Waals surface area contributed by atoms with Gasteiger partial charge in [0.2, 0.25) is 0 Å². The van der Waals surface area contributed by atoms with Gasteiger partial charge in [0.25, 0.3) is 11.8 Å². The molecular weight excluding hydrogens is 308 g/mol. The van der Waals surface area contributed by atoms with Gasteiger partial charge in [-0.15, -0.1) is 0 Å². The molecule has 0 N–H and O–H groups in total. The summed E-state index contributed by atoms with van der Waals surface area (Å²) >= 11 is 0. The number of carbonyl (C=O) groups excluding carboxylic acids is 2. The van der Waals surface area contributed by atoms with Crippen molar-refractivity contribution in [2.24, 2.45) is 0 Å². The Labute approximate surface area is 141 Å². The molecule has 0 bridgehead atoms. The molecule has 0 spiro atoms. The van der Waals surface area contributed by atoms with Crippen LogP contribution in [0.4, 0.5) is 0 Å². The molecular formula is C18H22N2O4. The number of furan rings is 2. The SMILES string of the molecule is CC[C@@H]1CN(C(=O)c2ccco2)[C@H](CC)CN1C(=O)c1ccco1. The highest BCUT2D eigenvalue weighted by atomic mass is 16.3. The molecule has 6 heteroatoms. The first-order valence-corrected chi connectivity index (χ1v) is 8.34. The van der Waals surface area contributed by atoms with Crippen molar-refractivity contribution in [1.29, 1.82) is 0 Å². The molecule has 1 aliphatic rings. The van der Waals surface area contributed by atoms with Gasteiger partial charge in [-0.3, -0.25) is 9.59 Å². The zero-order chi connectivity index (χ0) is 17.1. The molecule has 6 nitrogen and oxygen atoms in total. The first-order valence-electron chi connectivity index (χ1n) is 8.34. The quantitative estimate of drug-likeness (QED) is 0.864. The van der Waals surface area contributed by atoms with E-state index in [1.807, 2.05) is 23.6 Å². The summed E-state index contributed by atoms with van der Waals surface area (Å²) in [6.07, 6.45) is 4.54. The van der Waals surface area contributed by atoms with E-state index in [9.17, 15) is 9.59 Å². The van der Waals surface area contributed by atoms with Gasteiger partial charge in [0, 0.05) is 25.2 Å². The maximum Gasteiger partial charge on any atom is 0.289 e. The third-order valence-electron chi connectivity index (χ3n) is 4.62. The van der Waals surface area contributed by atoms with Gasteiger partial charge in [0.1, 0.15) is 0 Å². The molecule has 2 atom stereocenters. The molecule has 128 valence electrons. The molecule has 0 unspecified atom stereocenters. The van der Waals surface area contributed by atoms with Crippen LogP contribution >= 0.6 is 0 Å². The highest BCUT2D eigenvalue weighted by Gasteiger charge is 2.38. The number of piperazine rings is 1. The Kier molecular flexibility index (Phi) is 4.74. The highest BCUT2D eigenvalue weighted by molar-refractivity contribution is 5.93. The molecule has 3 heterocycles. The fourth-order valence-electron chi connectivity index (χ4n) is 3.23. The Morgan fingerprint density at radius 2 is 1.33 bits per heavy atom. The minimum atomic E-state index is -0.115. The van der Waals surface area contributed by atoms with Crippen molar-refractivity contribution in [2.75, 3.05) is 13.1 Å². The number of hydrogen-bond acceptors (Lipinski definition) is 4. The first kappa shape index (κ1) is 16.4.